The quantitative estimate of drug-likeness (QED) is 0.469. The van der Waals surface area contributed by atoms with Crippen molar-refractivity contribution in [2.45, 2.75) is 77.2 Å². The van der Waals surface area contributed by atoms with Crippen molar-refractivity contribution in [2.24, 2.45) is 0 Å². The van der Waals surface area contributed by atoms with Gasteiger partial charge in [-0.15, -0.1) is 0 Å². The highest BCUT2D eigenvalue weighted by molar-refractivity contribution is 5.81. The van der Waals surface area contributed by atoms with Gasteiger partial charge in [-0.25, -0.2) is 0 Å². The monoisotopic (exact) mass is 465 g/mol. The molecule has 1 amide bonds. The summed E-state index contributed by atoms with van der Waals surface area (Å²) in [6.07, 6.45) is 9.94. The van der Waals surface area contributed by atoms with Gasteiger partial charge in [0.15, 0.2) is 0 Å². The molecule has 1 aromatic heterocycles. The van der Waals surface area contributed by atoms with E-state index in [2.05, 4.69) is 63.8 Å². The van der Waals surface area contributed by atoms with Crippen LogP contribution in [0, 0.1) is 0 Å². The van der Waals surface area contributed by atoms with Gasteiger partial charge in [0.25, 0.3) is 0 Å². The first-order chi connectivity index (χ1) is 16.5. The lowest BCUT2D eigenvalue weighted by molar-refractivity contribution is -0.122. The van der Waals surface area contributed by atoms with E-state index in [-0.39, 0.29) is 11.9 Å². The number of carbonyl (C=O) groups excluding carboxylic acids is 1. The standard InChI is InChI=1S/C28H43N5O/c1-23(30-21-26-10-7-8-17-29-26)28(34)31-20-24-13-15-25(16-14-24)22-32(2)18-9-19-33(3)27-11-5-4-6-12-27/h7-8,10,13-17,23,27,30H,4-6,9,11-12,18-22H2,1-3H3,(H,31,34)/t23-/m0/s1. The summed E-state index contributed by atoms with van der Waals surface area (Å²) in [6, 6.07) is 14.9. The molecule has 2 N–H and O–H groups in total. The zero-order valence-electron chi connectivity index (χ0n) is 21.3. The molecule has 1 fully saturated rings. The van der Waals surface area contributed by atoms with E-state index >= 15 is 0 Å². The van der Waals surface area contributed by atoms with Crippen molar-refractivity contribution in [2.75, 3.05) is 27.2 Å². The van der Waals surface area contributed by atoms with Crippen LogP contribution in [0.3, 0.4) is 0 Å². The van der Waals surface area contributed by atoms with Crippen LogP contribution < -0.4 is 10.6 Å². The predicted octanol–water partition coefficient (Wildman–Crippen LogP) is 3.96. The number of aromatic nitrogens is 1. The smallest absolute Gasteiger partial charge is 0.237 e. The highest BCUT2D eigenvalue weighted by atomic mass is 16.2. The summed E-state index contributed by atoms with van der Waals surface area (Å²) in [4.78, 5) is 21.6. The van der Waals surface area contributed by atoms with E-state index in [9.17, 15) is 4.79 Å². The molecule has 6 nitrogen and oxygen atoms in total. The number of hydrogen-bond donors (Lipinski definition) is 2. The first-order valence-electron chi connectivity index (χ1n) is 12.9. The second-order valence-electron chi connectivity index (χ2n) is 9.82. The molecule has 6 heteroatoms. The van der Waals surface area contributed by atoms with Crippen LogP contribution in [-0.4, -0.2) is 60.0 Å². The molecule has 0 bridgehead atoms. The van der Waals surface area contributed by atoms with E-state index in [1.807, 2.05) is 25.1 Å². The summed E-state index contributed by atoms with van der Waals surface area (Å²) >= 11 is 0. The molecule has 1 atom stereocenters. The van der Waals surface area contributed by atoms with Crippen LogP contribution in [0.15, 0.2) is 48.7 Å². The summed E-state index contributed by atoms with van der Waals surface area (Å²) < 4.78 is 0. The maximum Gasteiger partial charge on any atom is 0.237 e. The number of rotatable bonds is 13. The van der Waals surface area contributed by atoms with Gasteiger partial charge >= 0.3 is 0 Å². The highest BCUT2D eigenvalue weighted by Crippen LogP contribution is 2.21. The molecule has 1 heterocycles. The third-order valence-corrected chi connectivity index (χ3v) is 6.90. The largest absolute Gasteiger partial charge is 0.351 e. The first kappa shape index (κ1) is 26.3. The fourth-order valence-electron chi connectivity index (χ4n) is 4.64. The van der Waals surface area contributed by atoms with Crippen molar-refractivity contribution in [3.05, 3.63) is 65.5 Å². The molecule has 186 valence electrons. The van der Waals surface area contributed by atoms with E-state index in [0.717, 1.165) is 30.4 Å². The lowest BCUT2D eigenvalue weighted by Crippen LogP contribution is -2.41. The Labute approximate surface area is 206 Å². The van der Waals surface area contributed by atoms with Gasteiger partial charge in [-0.2, -0.15) is 0 Å². The van der Waals surface area contributed by atoms with Crippen molar-refractivity contribution in [1.29, 1.82) is 0 Å². The zero-order chi connectivity index (χ0) is 24.2. The Hall–Kier alpha value is -2.28. The summed E-state index contributed by atoms with van der Waals surface area (Å²) in [7, 11) is 4.50. The molecule has 3 rings (SSSR count). The van der Waals surface area contributed by atoms with Crippen molar-refractivity contribution in [3.8, 4) is 0 Å². The molecule has 1 saturated carbocycles. The normalized spacial score (nSPS) is 15.6. The van der Waals surface area contributed by atoms with E-state index in [4.69, 9.17) is 0 Å². The van der Waals surface area contributed by atoms with E-state index in [1.165, 1.54) is 50.6 Å². The average molecular weight is 466 g/mol. The molecule has 2 aromatic rings. The number of nitrogens with one attached hydrogen (secondary N) is 2. The number of nitrogens with zero attached hydrogens (tertiary/aromatic N) is 3. The van der Waals surface area contributed by atoms with Crippen LogP contribution in [0.2, 0.25) is 0 Å². The summed E-state index contributed by atoms with van der Waals surface area (Å²) in [5.74, 6) is -0.00191. The highest BCUT2D eigenvalue weighted by Gasteiger charge is 2.17. The van der Waals surface area contributed by atoms with E-state index in [0.29, 0.717) is 13.1 Å². The predicted molar refractivity (Wildman–Crippen MR) is 139 cm³/mol. The Morgan fingerprint density at radius 2 is 1.74 bits per heavy atom. The maximum absolute atomic E-state index is 12.4. The summed E-state index contributed by atoms with van der Waals surface area (Å²) in [5.41, 5.74) is 3.35. The molecule has 0 saturated heterocycles. The first-order valence-corrected chi connectivity index (χ1v) is 12.9. The number of amides is 1. The molecule has 0 aliphatic heterocycles. The molecule has 1 aliphatic carbocycles. The van der Waals surface area contributed by atoms with E-state index in [1.54, 1.807) is 6.20 Å². The van der Waals surface area contributed by atoms with Crippen LogP contribution >= 0.6 is 0 Å². The minimum Gasteiger partial charge on any atom is -0.351 e. The second-order valence-corrected chi connectivity index (χ2v) is 9.82. The van der Waals surface area contributed by atoms with Gasteiger partial charge in [0.1, 0.15) is 0 Å². The minimum absolute atomic E-state index is 0.00191. The SMILES string of the molecule is C[C@H](NCc1ccccn1)C(=O)NCc1ccc(CN(C)CCCN(C)C2CCCCC2)cc1. The zero-order valence-corrected chi connectivity index (χ0v) is 21.3. The fraction of sp³-hybridized carbons (Fsp3) is 0.571. The number of pyridine rings is 1. The van der Waals surface area contributed by atoms with Crippen LogP contribution in [-0.2, 0) is 24.4 Å². The van der Waals surface area contributed by atoms with Crippen molar-refractivity contribution < 1.29 is 4.79 Å². The summed E-state index contributed by atoms with van der Waals surface area (Å²) in [5, 5.41) is 6.25. The van der Waals surface area contributed by atoms with Crippen LogP contribution in [0.1, 0.15) is 62.3 Å². The van der Waals surface area contributed by atoms with Crippen molar-refractivity contribution >= 4 is 5.91 Å². The maximum atomic E-state index is 12.4. The molecule has 0 spiro atoms. The molecule has 1 aromatic carbocycles. The Morgan fingerprint density at radius 3 is 2.44 bits per heavy atom. The Kier molecular flexibility index (Phi) is 11.0. The number of carbonyl (C=O) groups is 1. The lowest BCUT2D eigenvalue weighted by atomic mass is 9.94. The number of hydrogen-bond acceptors (Lipinski definition) is 5. The number of benzene rings is 1. The molecule has 34 heavy (non-hydrogen) atoms. The second kappa shape index (κ2) is 14.2. The minimum atomic E-state index is -0.271. The van der Waals surface area contributed by atoms with Gasteiger partial charge in [-0.3, -0.25) is 9.78 Å². The molecule has 0 unspecified atom stereocenters. The van der Waals surface area contributed by atoms with E-state index < -0.39 is 0 Å². The Bertz CT molecular complexity index is 836. The van der Waals surface area contributed by atoms with Gasteiger partial charge in [0, 0.05) is 31.9 Å². The Morgan fingerprint density at radius 1 is 1.00 bits per heavy atom. The third-order valence-electron chi connectivity index (χ3n) is 6.90. The average Bonchev–Trinajstić information content (AvgIpc) is 2.87. The van der Waals surface area contributed by atoms with Crippen LogP contribution in [0.4, 0.5) is 0 Å². The van der Waals surface area contributed by atoms with Crippen LogP contribution in [0.25, 0.3) is 0 Å². The molecule has 1 aliphatic rings. The molecular weight excluding hydrogens is 422 g/mol. The van der Waals surface area contributed by atoms with Crippen LogP contribution in [0.5, 0.6) is 0 Å². The van der Waals surface area contributed by atoms with Crippen molar-refractivity contribution in [3.63, 3.8) is 0 Å². The van der Waals surface area contributed by atoms with Gasteiger partial charge in [-0.1, -0.05) is 49.6 Å². The molecule has 0 radical (unpaired) electrons. The molecular formula is C28H43N5O. The lowest BCUT2D eigenvalue weighted by Gasteiger charge is -2.31. The fourth-order valence-corrected chi connectivity index (χ4v) is 4.64. The van der Waals surface area contributed by atoms with Gasteiger partial charge in [-0.05, 0) is 76.6 Å². The summed E-state index contributed by atoms with van der Waals surface area (Å²) in [6.45, 7) is 6.24. The van der Waals surface area contributed by atoms with Gasteiger partial charge in [0.2, 0.25) is 5.91 Å². The van der Waals surface area contributed by atoms with Gasteiger partial charge in [0.05, 0.1) is 11.7 Å². The topological polar surface area (TPSA) is 60.5 Å². The Balaban J connectivity index is 1.31. The van der Waals surface area contributed by atoms with Crippen molar-refractivity contribution in [1.82, 2.24) is 25.4 Å². The third kappa shape index (κ3) is 9.16. The van der Waals surface area contributed by atoms with Gasteiger partial charge < -0.3 is 20.4 Å².